The van der Waals surface area contributed by atoms with Gasteiger partial charge >= 0.3 is 0 Å². The number of halogens is 1. The molecule has 1 heterocycles. The first kappa shape index (κ1) is 15.0. The fourth-order valence-corrected chi connectivity index (χ4v) is 4.91. The molecule has 1 aromatic carbocycles. The summed E-state index contributed by atoms with van der Waals surface area (Å²) in [5.74, 6) is 0.242. The Morgan fingerprint density at radius 1 is 1.42 bits per heavy atom. The lowest BCUT2D eigenvalue weighted by Crippen LogP contribution is -2.45. The zero-order valence-electron chi connectivity index (χ0n) is 10.9. The van der Waals surface area contributed by atoms with Crippen LogP contribution in [0.3, 0.4) is 0 Å². The molecule has 0 aromatic heterocycles. The lowest BCUT2D eigenvalue weighted by Gasteiger charge is -2.33. The monoisotopic (exact) mass is 346 g/mol. The van der Waals surface area contributed by atoms with Crippen LogP contribution in [0, 0.1) is 5.92 Å². The van der Waals surface area contributed by atoms with Crippen LogP contribution in [0.5, 0.6) is 0 Å². The van der Waals surface area contributed by atoms with Gasteiger partial charge in [0.15, 0.2) is 0 Å². The Kier molecular flexibility index (Phi) is 4.66. The quantitative estimate of drug-likeness (QED) is 0.912. The molecular weight excluding hydrogens is 328 g/mol. The third-order valence-corrected chi connectivity index (χ3v) is 6.50. The predicted octanol–water partition coefficient (Wildman–Crippen LogP) is 2.20. The zero-order valence-corrected chi connectivity index (χ0v) is 13.3. The summed E-state index contributed by atoms with van der Waals surface area (Å²) in [4.78, 5) is 0.334. The highest BCUT2D eigenvalue weighted by Gasteiger charge is 2.32. The van der Waals surface area contributed by atoms with Crippen molar-refractivity contribution >= 4 is 26.0 Å². The summed E-state index contributed by atoms with van der Waals surface area (Å²) in [5.41, 5.74) is 5.91. The van der Waals surface area contributed by atoms with E-state index < -0.39 is 10.0 Å². The molecule has 0 saturated carbocycles. The van der Waals surface area contributed by atoms with E-state index in [0.29, 0.717) is 22.5 Å². The lowest BCUT2D eigenvalue weighted by molar-refractivity contribution is 0.243. The van der Waals surface area contributed by atoms with Crippen LogP contribution < -0.4 is 5.73 Å². The second-order valence-corrected chi connectivity index (χ2v) is 7.82. The molecule has 1 saturated heterocycles. The van der Waals surface area contributed by atoms with Gasteiger partial charge in [-0.3, -0.25) is 0 Å². The summed E-state index contributed by atoms with van der Waals surface area (Å²) in [6.45, 7) is 3.04. The summed E-state index contributed by atoms with van der Waals surface area (Å²) < 4.78 is 27.4. The van der Waals surface area contributed by atoms with E-state index in [0.717, 1.165) is 12.8 Å². The maximum Gasteiger partial charge on any atom is 0.244 e. The normalized spacial score (nSPS) is 23.2. The standard InChI is InChI=1S/C13H19BrN2O2S/c1-10(15)11-5-4-8-16(9-11)19(17,18)13-7-3-2-6-12(13)14/h2-3,6-7,10-11H,4-5,8-9,15H2,1H3/t10-,11+/m1/s1. The summed E-state index contributed by atoms with van der Waals surface area (Å²) in [7, 11) is -3.43. The number of nitrogens with two attached hydrogens (primary N) is 1. The van der Waals surface area contributed by atoms with Crippen LogP contribution >= 0.6 is 15.9 Å². The van der Waals surface area contributed by atoms with E-state index in [1.54, 1.807) is 22.5 Å². The number of hydrogen-bond acceptors (Lipinski definition) is 3. The smallest absolute Gasteiger partial charge is 0.244 e. The Bertz CT molecular complexity index is 545. The van der Waals surface area contributed by atoms with Crippen molar-refractivity contribution in [2.75, 3.05) is 13.1 Å². The van der Waals surface area contributed by atoms with Crippen molar-refractivity contribution in [2.45, 2.75) is 30.7 Å². The second kappa shape index (κ2) is 5.91. The molecule has 19 heavy (non-hydrogen) atoms. The van der Waals surface area contributed by atoms with Gasteiger partial charge in [-0.1, -0.05) is 12.1 Å². The van der Waals surface area contributed by atoms with Crippen molar-refractivity contribution < 1.29 is 8.42 Å². The molecule has 2 rings (SSSR count). The van der Waals surface area contributed by atoms with Gasteiger partial charge in [0.05, 0.1) is 4.90 Å². The van der Waals surface area contributed by atoms with Gasteiger partial charge in [0, 0.05) is 23.6 Å². The number of benzene rings is 1. The maximum atomic E-state index is 12.6. The van der Waals surface area contributed by atoms with Gasteiger partial charge in [-0.15, -0.1) is 0 Å². The van der Waals surface area contributed by atoms with Crippen molar-refractivity contribution in [3.8, 4) is 0 Å². The first-order valence-corrected chi connectivity index (χ1v) is 8.66. The molecule has 6 heteroatoms. The molecule has 0 radical (unpaired) electrons. The van der Waals surface area contributed by atoms with Crippen molar-refractivity contribution in [3.63, 3.8) is 0 Å². The third kappa shape index (κ3) is 3.18. The second-order valence-electron chi connectivity index (χ2n) is 5.05. The third-order valence-electron chi connectivity index (χ3n) is 3.62. The van der Waals surface area contributed by atoms with Crippen LogP contribution in [0.25, 0.3) is 0 Å². The molecule has 2 atom stereocenters. The van der Waals surface area contributed by atoms with Crippen molar-refractivity contribution in [2.24, 2.45) is 11.7 Å². The molecule has 0 aliphatic carbocycles. The summed E-state index contributed by atoms with van der Waals surface area (Å²) >= 11 is 3.31. The molecule has 106 valence electrons. The Morgan fingerprint density at radius 2 is 2.11 bits per heavy atom. The largest absolute Gasteiger partial charge is 0.328 e. The Morgan fingerprint density at radius 3 is 2.74 bits per heavy atom. The van der Waals surface area contributed by atoms with E-state index in [9.17, 15) is 8.42 Å². The molecule has 0 spiro atoms. The molecule has 1 aromatic rings. The van der Waals surface area contributed by atoms with Crippen LogP contribution in [-0.4, -0.2) is 31.9 Å². The lowest BCUT2D eigenvalue weighted by atomic mass is 9.93. The number of nitrogens with zero attached hydrogens (tertiary/aromatic N) is 1. The first-order valence-electron chi connectivity index (χ1n) is 6.43. The number of rotatable bonds is 3. The average molecular weight is 347 g/mol. The molecule has 0 amide bonds. The average Bonchev–Trinajstić information content (AvgIpc) is 2.39. The first-order chi connectivity index (χ1) is 8.93. The van der Waals surface area contributed by atoms with Crippen LogP contribution in [0.15, 0.2) is 33.6 Å². The van der Waals surface area contributed by atoms with E-state index in [1.807, 2.05) is 13.0 Å². The highest BCUT2D eigenvalue weighted by Crippen LogP contribution is 2.28. The van der Waals surface area contributed by atoms with Gasteiger partial charge in [0.2, 0.25) is 10.0 Å². The van der Waals surface area contributed by atoms with E-state index in [-0.39, 0.29) is 12.0 Å². The van der Waals surface area contributed by atoms with Gasteiger partial charge in [-0.05, 0) is 53.7 Å². The van der Waals surface area contributed by atoms with Crippen LogP contribution in [-0.2, 0) is 10.0 Å². The van der Waals surface area contributed by atoms with Gasteiger partial charge in [-0.2, -0.15) is 4.31 Å². The SMILES string of the molecule is C[C@@H](N)[C@H]1CCCN(S(=O)(=O)c2ccccc2Br)C1. The Labute approximate surface area is 123 Å². The van der Waals surface area contributed by atoms with Gasteiger partial charge < -0.3 is 5.73 Å². The minimum atomic E-state index is -3.43. The topological polar surface area (TPSA) is 63.4 Å². The number of sulfonamides is 1. The van der Waals surface area contributed by atoms with Gasteiger partial charge in [0.25, 0.3) is 0 Å². The summed E-state index contributed by atoms with van der Waals surface area (Å²) in [6, 6.07) is 6.96. The van der Waals surface area contributed by atoms with Crippen LogP contribution in [0.2, 0.25) is 0 Å². The maximum absolute atomic E-state index is 12.6. The minimum absolute atomic E-state index is 0.0252. The van der Waals surface area contributed by atoms with Crippen molar-refractivity contribution in [3.05, 3.63) is 28.7 Å². The zero-order chi connectivity index (χ0) is 14.0. The van der Waals surface area contributed by atoms with E-state index in [1.165, 1.54) is 0 Å². The Hall–Kier alpha value is -0.430. The van der Waals surface area contributed by atoms with Gasteiger partial charge in [-0.25, -0.2) is 8.42 Å². The molecule has 2 N–H and O–H groups in total. The molecular formula is C13H19BrN2O2S. The highest BCUT2D eigenvalue weighted by atomic mass is 79.9. The number of piperidine rings is 1. The van der Waals surface area contributed by atoms with E-state index in [4.69, 9.17) is 5.73 Å². The van der Waals surface area contributed by atoms with Crippen LogP contribution in [0.4, 0.5) is 0 Å². The molecule has 0 bridgehead atoms. The molecule has 1 fully saturated rings. The molecule has 0 unspecified atom stereocenters. The molecule has 1 aliphatic rings. The predicted molar refractivity (Wildman–Crippen MR) is 79.3 cm³/mol. The van der Waals surface area contributed by atoms with Crippen molar-refractivity contribution in [1.82, 2.24) is 4.31 Å². The fourth-order valence-electron chi connectivity index (χ4n) is 2.41. The molecule has 4 nitrogen and oxygen atoms in total. The summed E-state index contributed by atoms with van der Waals surface area (Å²) in [6.07, 6.45) is 1.87. The Balaban J connectivity index is 2.28. The van der Waals surface area contributed by atoms with E-state index >= 15 is 0 Å². The molecule has 1 aliphatic heterocycles. The highest BCUT2D eigenvalue weighted by molar-refractivity contribution is 9.10. The minimum Gasteiger partial charge on any atom is -0.328 e. The number of hydrogen-bond donors (Lipinski definition) is 1. The fraction of sp³-hybridized carbons (Fsp3) is 0.538. The van der Waals surface area contributed by atoms with Crippen LogP contribution in [0.1, 0.15) is 19.8 Å². The van der Waals surface area contributed by atoms with Gasteiger partial charge in [0.1, 0.15) is 0 Å². The van der Waals surface area contributed by atoms with E-state index in [2.05, 4.69) is 15.9 Å². The van der Waals surface area contributed by atoms with Crippen molar-refractivity contribution in [1.29, 1.82) is 0 Å². The summed E-state index contributed by atoms with van der Waals surface area (Å²) in [5, 5.41) is 0.